The zero-order chi connectivity index (χ0) is 32.8. The SMILES string of the molecule is c1ccc(-c2ccc(-c3nc(-c4ccccc4)nc(-c4ccc5c(c4)C4(c6c-5ccc5ccccc65)C5CC6CC(C5)CC4C6)n3)cc2)cc1. The minimum atomic E-state index is 0.0420. The van der Waals surface area contributed by atoms with E-state index >= 15 is 0 Å². The van der Waals surface area contributed by atoms with Gasteiger partial charge in [0.2, 0.25) is 0 Å². The highest BCUT2D eigenvalue weighted by atomic mass is 15.0. The first-order valence-corrected chi connectivity index (χ1v) is 18.4. The predicted molar refractivity (Wildman–Crippen MR) is 202 cm³/mol. The van der Waals surface area contributed by atoms with E-state index in [4.69, 9.17) is 15.0 Å². The van der Waals surface area contributed by atoms with E-state index in [1.807, 2.05) is 6.07 Å². The maximum absolute atomic E-state index is 5.23. The van der Waals surface area contributed by atoms with Gasteiger partial charge in [0, 0.05) is 22.1 Å². The molecule has 0 unspecified atom stereocenters. The second-order valence-electron chi connectivity index (χ2n) is 15.3. The molecule has 5 aliphatic rings. The summed E-state index contributed by atoms with van der Waals surface area (Å²) in [6, 6.07) is 50.5. The van der Waals surface area contributed by atoms with Gasteiger partial charge in [0.1, 0.15) is 0 Å². The van der Waals surface area contributed by atoms with Crippen LogP contribution >= 0.6 is 0 Å². The van der Waals surface area contributed by atoms with Gasteiger partial charge in [-0.1, -0.05) is 133 Å². The predicted octanol–water partition coefficient (Wildman–Crippen LogP) is 11.4. The normalized spacial score (nSPS) is 24.1. The van der Waals surface area contributed by atoms with Crippen molar-refractivity contribution in [2.75, 3.05) is 0 Å². The Kier molecular flexibility index (Phi) is 6.14. The molecule has 4 saturated carbocycles. The van der Waals surface area contributed by atoms with Crippen molar-refractivity contribution in [3.63, 3.8) is 0 Å². The lowest BCUT2D eigenvalue weighted by molar-refractivity contribution is -0.0393. The lowest BCUT2D eigenvalue weighted by atomic mass is 9.43. The molecule has 5 aliphatic carbocycles. The van der Waals surface area contributed by atoms with Crippen molar-refractivity contribution in [1.29, 1.82) is 0 Å². The minimum Gasteiger partial charge on any atom is -0.208 e. The van der Waals surface area contributed by atoms with Crippen molar-refractivity contribution in [2.24, 2.45) is 23.7 Å². The van der Waals surface area contributed by atoms with Crippen molar-refractivity contribution < 1.29 is 0 Å². The molecular weight excluding hydrogens is 607 g/mol. The Balaban J connectivity index is 1.10. The number of hydrogen-bond acceptors (Lipinski definition) is 3. The van der Waals surface area contributed by atoms with Crippen LogP contribution in [0.4, 0.5) is 0 Å². The molecule has 4 fully saturated rings. The summed E-state index contributed by atoms with van der Waals surface area (Å²) in [5, 5.41) is 2.81. The zero-order valence-electron chi connectivity index (χ0n) is 28.0. The van der Waals surface area contributed by atoms with Gasteiger partial charge in [-0.2, -0.15) is 0 Å². The molecule has 1 aromatic heterocycles. The molecule has 0 radical (unpaired) electrons. The van der Waals surface area contributed by atoms with Crippen molar-refractivity contribution in [1.82, 2.24) is 15.0 Å². The summed E-state index contributed by atoms with van der Waals surface area (Å²) < 4.78 is 0. The van der Waals surface area contributed by atoms with Crippen LogP contribution in [-0.4, -0.2) is 15.0 Å². The number of aromatic nitrogens is 3. The van der Waals surface area contributed by atoms with Gasteiger partial charge in [-0.25, -0.2) is 15.0 Å². The topological polar surface area (TPSA) is 38.7 Å². The molecule has 12 rings (SSSR count). The fourth-order valence-electron chi connectivity index (χ4n) is 10.9. The maximum atomic E-state index is 5.23. The molecule has 3 nitrogen and oxygen atoms in total. The Morgan fingerprint density at radius 2 is 0.920 bits per heavy atom. The second-order valence-corrected chi connectivity index (χ2v) is 15.3. The second kappa shape index (κ2) is 10.8. The van der Waals surface area contributed by atoms with E-state index in [-0.39, 0.29) is 5.41 Å². The van der Waals surface area contributed by atoms with Crippen molar-refractivity contribution >= 4 is 10.8 Å². The first kappa shape index (κ1) is 28.4. The first-order valence-electron chi connectivity index (χ1n) is 18.4. The molecule has 0 saturated heterocycles. The molecule has 6 aromatic carbocycles. The van der Waals surface area contributed by atoms with E-state index in [2.05, 4.69) is 133 Å². The average molecular weight is 644 g/mol. The molecule has 0 aliphatic heterocycles. The summed E-state index contributed by atoms with van der Waals surface area (Å²) in [4.78, 5) is 15.5. The molecule has 4 bridgehead atoms. The van der Waals surface area contributed by atoms with Gasteiger partial charge in [0.15, 0.2) is 17.5 Å². The zero-order valence-corrected chi connectivity index (χ0v) is 28.0. The van der Waals surface area contributed by atoms with Crippen LogP contribution in [0.15, 0.2) is 140 Å². The first-order chi connectivity index (χ1) is 24.7. The quantitative estimate of drug-likeness (QED) is 0.192. The summed E-state index contributed by atoms with van der Waals surface area (Å²) >= 11 is 0. The molecule has 240 valence electrons. The largest absolute Gasteiger partial charge is 0.208 e. The molecule has 3 heteroatoms. The third-order valence-corrected chi connectivity index (χ3v) is 12.7. The summed E-state index contributed by atoms with van der Waals surface area (Å²) in [6.07, 6.45) is 6.86. The van der Waals surface area contributed by atoms with E-state index in [0.717, 1.165) is 34.4 Å². The van der Waals surface area contributed by atoms with E-state index in [1.54, 1.807) is 5.56 Å². The van der Waals surface area contributed by atoms with Crippen LogP contribution in [0.1, 0.15) is 43.2 Å². The summed E-state index contributed by atoms with van der Waals surface area (Å²) in [7, 11) is 0. The van der Waals surface area contributed by atoms with Crippen molar-refractivity contribution in [3.05, 3.63) is 151 Å². The fraction of sp³-hybridized carbons (Fsp3) is 0.213. The third kappa shape index (κ3) is 4.13. The van der Waals surface area contributed by atoms with Gasteiger partial charge in [0.25, 0.3) is 0 Å². The van der Waals surface area contributed by atoms with Crippen LogP contribution in [0, 0.1) is 23.7 Å². The van der Waals surface area contributed by atoms with Crippen LogP contribution in [0.5, 0.6) is 0 Å². The Hall–Kier alpha value is -5.41. The number of rotatable bonds is 4. The van der Waals surface area contributed by atoms with Crippen LogP contribution in [0.3, 0.4) is 0 Å². The van der Waals surface area contributed by atoms with E-state index in [0.29, 0.717) is 23.5 Å². The Morgan fingerprint density at radius 1 is 0.420 bits per heavy atom. The number of benzene rings is 6. The smallest absolute Gasteiger partial charge is 0.164 e. The fourth-order valence-corrected chi connectivity index (χ4v) is 10.9. The molecule has 0 N–H and O–H groups in total. The van der Waals surface area contributed by atoms with Crippen molar-refractivity contribution in [2.45, 2.75) is 37.5 Å². The van der Waals surface area contributed by atoms with Gasteiger partial charge < -0.3 is 0 Å². The standard InChI is InChI=1S/C47H37N3/c1-3-9-31(10-4-1)32-15-17-35(18-16-32)45-48-44(34-12-5-2-6-13-34)49-46(50-45)36-20-21-40-41-22-19-33-11-7-8-14-39(33)43(41)47(42(40)28-36)37-24-29-23-30(26-37)27-38(47)25-29/h1-22,28-30,37-38H,23-27H2. The lowest BCUT2D eigenvalue weighted by Crippen LogP contribution is -2.55. The highest BCUT2D eigenvalue weighted by molar-refractivity contribution is 5.98. The molecule has 1 heterocycles. The van der Waals surface area contributed by atoms with E-state index < -0.39 is 0 Å². The Bertz CT molecular complexity index is 2400. The van der Waals surface area contributed by atoms with E-state index in [9.17, 15) is 0 Å². The van der Waals surface area contributed by atoms with Gasteiger partial charge in [-0.05, 0) is 106 Å². The maximum Gasteiger partial charge on any atom is 0.164 e. The Labute approximate surface area is 293 Å². The molecule has 7 aromatic rings. The van der Waals surface area contributed by atoms with Crippen LogP contribution in [0.25, 0.3) is 67.2 Å². The number of fused-ring (bicyclic) bond motifs is 5. The third-order valence-electron chi connectivity index (χ3n) is 12.7. The average Bonchev–Trinajstić information content (AvgIpc) is 3.48. The Morgan fingerprint density at radius 3 is 1.60 bits per heavy atom. The molecular formula is C47H37N3. The van der Waals surface area contributed by atoms with Gasteiger partial charge >= 0.3 is 0 Å². The number of nitrogens with zero attached hydrogens (tertiary/aromatic N) is 3. The molecule has 50 heavy (non-hydrogen) atoms. The van der Waals surface area contributed by atoms with Crippen LogP contribution in [0.2, 0.25) is 0 Å². The van der Waals surface area contributed by atoms with E-state index in [1.165, 1.54) is 70.7 Å². The van der Waals surface area contributed by atoms with Crippen LogP contribution in [-0.2, 0) is 5.41 Å². The minimum absolute atomic E-state index is 0.0420. The monoisotopic (exact) mass is 643 g/mol. The molecule has 0 amide bonds. The summed E-state index contributed by atoms with van der Waals surface area (Å²) in [6.45, 7) is 0. The van der Waals surface area contributed by atoms with Crippen molar-refractivity contribution in [3.8, 4) is 56.4 Å². The van der Waals surface area contributed by atoms with Gasteiger partial charge in [0.05, 0.1) is 0 Å². The molecule has 1 spiro atoms. The van der Waals surface area contributed by atoms with Gasteiger partial charge in [-0.15, -0.1) is 0 Å². The molecule has 0 atom stereocenters. The summed E-state index contributed by atoms with van der Waals surface area (Å²) in [5.74, 6) is 5.28. The van der Waals surface area contributed by atoms with Crippen LogP contribution < -0.4 is 0 Å². The highest BCUT2D eigenvalue weighted by Gasteiger charge is 2.62. The summed E-state index contributed by atoms with van der Waals surface area (Å²) in [5.41, 5.74) is 11.5. The highest BCUT2D eigenvalue weighted by Crippen LogP contribution is 2.70. The van der Waals surface area contributed by atoms with Gasteiger partial charge in [-0.3, -0.25) is 0 Å². The number of hydrogen-bond donors (Lipinski definition) is 0. The lowest BCUT2D eigenvalue weighted by Gasteiger charge is -2.61.